The van der Waals surface area contributed by atoms with Gasteiger partial charge in [-0.2, -0.15) is 0 Å². The van der Waals surface area contributed by atoms with Gasteiger partial charge in [0.2, 0.25) is 11.8 Å². The van der Waals surface area contributed by atoms with Gasteiger partial charge in [-0.1, -0.05) is 18.2 Å². The van der Waals surface area contributed by atoms with Crippen molar-refractivity contribution in [1.29, 1.82) is 0 Å². The quantitative estimate of drug-likeness (QED) is 0.861. The number of piperidine rings is 1. The van der Waals surface area contributed by atoms with Gasteiger partial charge < -0.3 is 10.2 Å². The van der Waals surface area contributed by atoms with Gasteiger partial charge in [-0.05, 0) is 50.8 Å². The Morgan fingerprint density at radius 2 is 1.93 bits per heavy atom. The number of para-hydroxylation sites is 1. The molecule has 2 saturated heterocycles. The van der Waals surface area contributed by atoms with E-state index in [1.807, 2.05) is 11.0 Å². The van der Waals surface area contributed by atoms with Gasteiger partial charge in [0.15, 0.2) is 0 Å². The molecular weight excluding hydrogens is 352 g/mol. The zero-order valence-corrected chi connectivity index (χ0v) is 17.1. The Labute approximate surface area is 167 Å². The number of nitrogens with zero attached hydrogens (tertiary/aromatic N) is 3. The molecule has 0 aromatic heterocycles. The molecule has 1 aromatic carbocycles. The molecule has 1 N–H and O–H groups in total. The van der Waals surface area contributed by atoms with Crippen molar-refractivity contribution in [1.82, 2.24) is 15.1 Å². The summed E-state index contributed by atoms with van der Waals surface area (Å²) in [7, 11) is 2.17. The molecule has 1 spiro atoms. The first-order valence-electron chi connectivity index (χ1n) is 10.6. The van der Waals surface area contributed by atoms with Gasteiger partial charge in [-0.25, -0.2) is 0 Å². The lowest BCUT2D eigenvalue weighted by Gasteiger charge is -2.43. The highest BCUT2D eigenvalue weighted by atomic mass is 16.2. The molecule has 0 unspecified atom stereocenters. The molecule has 0 saturated carbocycles. The Morgan fingerprint density at radius 1 is 1.18 bits per heavy atom. The number of amides is 2. The van der Waals surface area contributed by atoms with Crippen LogP contribution in [-0.2, 0) is 16.0 Å². The summed E-state index contributed by atoms with van der Waals surface area (Å²) in [6, 6.07) is 8.55. The van der Waals surface area contributed by atoms with E-state index in [0.29, 0.717) is 6.54 Å². The maximum absolute atomic E-state index is 13.0. The van der Waals surface area contributed by atoms with Crippen LogP contribution in [0.4, 0.5) is 5.69 Å². The maximum atomic E-state index is 13.0. The minimum atomic E-state index is 0.0558. The van der Waals surface area contributed by atoms with Crippen molar-refractivity contribution in [2.75, 3.05) is 44.7 Å². The molecule has 3 aliphatic heterocycles. The molecule has 0 aliphatic carbocycles. The number of hydrogen-bond acceptors (Lipinski definition) is 4. The number of rotatable bonds is 3. The number of carbonyl (C=O) groups excluding carboxylic acids is 2. The van der Waals surface area contributed by atoms with Crippen molar-refractivity contribution in [3.8, 4) is 0 Å². The normalized spacial score (nSPS) is 24.9. The van der Waals surface area contributed by atoms with E-state index in [0.717, 1.165) is 64.0 Å². The van der Waals surface area contributed by atoms with Crippen LogP contribution in [0.3, 0.4) is 0 Å². The number of hydrogen-bond donors (Lipinski definition) is 1. The van der Waals surface area contributed by atoms with E-state index in [1.54, 1.807) is 6.92 Å². The van der Waals surface area contributed by atoms with Crippen LogP contribution < -0.4 is 10.2 Å². The molecule has 6 heteroatoms. The first-order valence-corrected chi connectivity index (χ1v) is 10.6. The van der Waals surface area contributed by atoms with Gasteiger partial charge in [0, 0.05) is 50.4 Å². The van der Waals surface area contributed by atoms with Crippen LogP contribution in [0.2, 0.25) is 0 Å². The highest BCUT2D eigenvalue weighted by Gasteiger charge is 2.45. The first kappa shape index (κ1) is 19.4. The summed E-state index contributed by atoms with van der Waals surface area (Å²) in [5, 5.41) is 3.08. The Kier molecular flexibility index (Phi) is 5.43. The van der Waals surface area contributed by atoms with Gasteiger partial charge in [-0.3, -0.25) is 19.4 Å². The van der Waals surface area contributed by atoms with Crippen molar-refractivity contribution in [2.24, 2.45) is 0 Å². The van der Waals surface area contributed by atoms with Gasteiger partial charge in [0.1, 0.15) is 0 Å². The SMILES string of the molecule is CC(=O)N[C@@H]1CN(C)C2(CCN(CC(=O)N3CCCc4ccccc43)CC2)C1. The number of aryl methyl sites for hydroxylation is 1. The highest BCUT2D eigenvalue weighted by molar-refractivity contribution is 5.96. The van der Waals surface area contributed by atoms with Gasteiger partial charge in [-0.15, -0.1) is 0 Å². The fourth-order valence-electron chi connectivity index (χ4n) is 5.37. The average Bonchev–Trinajstić information content (AvgIpc) is 2.97. The maximum Gasteiger partial charge on any atom is 0.241 e. The molecule has 2 amide bonds. The number of likely N-dealkylation sites (N-methyl/N-ethyl adjacent to an activating group) is 1. The standard InChI is InChI=1S/C22H32N4O2/c1-17(27)23-19-14-22(24(2)15-19)9-12-25(13-10-22)16-21(28)26-11-5-7-18-6-3-4-8-20(18)26/h3-4,6,8,19H,5,7,9-16H2,1-2H3,(H,23,27)/t19-/m0/s1. The first-order chi connectivity index (χ1) is 13.5. The lowest BCUT2D eigenvalue weighted by Crippen LogP contribution is -2.53. The minimum Gasteiger partial charge on any atom is -0.352 e. The van der Waals surface area contributed by atoms with Crippen LogP contribution >= 0.6 is 0 Å². The Bertz CT molecular complexity index is 742. The smallest absolute Gasteiger partial charge is 0.241 e. The summed E-state index contributed by atoms with van der Waals surface area (Å²) >= 11 is 0. The molecule has 3 aliphatic rings. The zero-order chi connectivity index (χ0) is 19.7. The molecule has 1 atom stereocenters. The highest BCUT2D eigenvalue weighted by Crippen LogP contribution is 2.37. The molecular formula is C22H32N4O2. The van der Waals surface area contributed by atoms with E-state index in [2.05, 4.69) is 40.4 Å². The third-order valence-electron chi connectivity index (χ3n) is 6.89. The molecule has 0 radical (unpaired) electrons. The number of carbonyl (C=O) groups is 2. The second-order valence-electron chi connectivity index (χ2n) is 8.76. The fourth-order valence-corrected chi connectivity index (χ4v) is 5.37. The van der Waals surface area contributed by atoms with Crippen molar-refractivity contribution in [3.63, 3.8) is 0 Å². The second kappa shape index (κ2) is 7.84. The fraction of sp³-hybridized carbons (Fsp3) is 0.636. The largest absolute Gasteiger partial charge is 0.352 e. The van der Waals surface area contributed by atoms with E-state index in [4.69, 9.17) is 0 Å². The summed E-state index contributed by atoms with van der Waals surface area (Å²) in [6.07, 6.45) is 5.24. The Morgan fingerprint density at radius 3 is 2.68 bits per heavy atom. The van der Waals surface area contributed by atoms with E-state index in [1.165, 1.54) is 5.56 Å². The molecule has 28 heavy (non-hydrogen) atoms. The second-order valence-corrected chi connectivity index (χ2v) is 8.76. The van der Waals surface area contributed by atoms with Gasteiger partial charge in [0.25, 0.3) is 0 Å². The number of anilines is 1. The molecule has 6 nitrogen and oxygen atoms in total. The Hall–Kier alpha value is -1.92. The summed E-state index contributed by atoms with van der Waals surface area (Å²) in [5.41, 5.74) is 2.56. The molecule has 4 rings (SSSR count). The Balaban J connectivity index is 1.34. The topological polar surface area (TPSA) is 55.9 Å². The molecule has 1 aromatic rings. The molecule has 152 valence electrons. The van der Waals surface area contributed by atoms with Crippen LogP contribution in [0, 0.1) is 0 Å². The summed E-state index contributed by atoms with van der Waals surface area (Å²) in [6.45, 7) is 5.73. The lowest BCUT2D eigenvalue weighted by atomic mass is 9.84. The molecule has 2 fully saturated rings. The van der Waals surface area contributed by atoms with Gasteiger partial charge >= 0.3 is 0 Å². The van der Waals surface area contributed by atoms with Crippen molar-refractivity contribution in [3.05, 3.63) is 29.8 Å². The van der Waals surface area contributed by atoms with Crippen molar-refractivity contribution >= 4 is 17.5 Å². The summed E-state index contributed by atoms with van der Waals surface area (Å²) in [5.74, 6) is 0.277. The van der Waals surface area contributed by atoms with Crippen molar-refractivity contribution in [2.45, 2.75) is 50.6 Å². The molecule has 0 bridgehead atoms. The summed E-state index contributed by atoms with van der Waals surface area (Å²) < 4.78 is 0. The monoisotopic (exact) mass is 384 g/mol. The summed E-state index contributed by atoms with van der Waals surface area (Å²) in [4.78, 5) is 31.1. The number of fused-ring (bicyclic) bond motifs is 1. The van der Waals surface area contributed by atoms with Gasteiger partial charge in [0.05, 0.1) is 6.54 Å². The number of likely N-dealkylation sites (tertiary alicyclic amines) is 2. The van der Waals surface area contributed by atoms with E-state index >= 15 is 0 Å². The lowest BCUT2D eigenvalue weighted by molar-refractivity contribution is -0.121. The minimum absolute atomic E-state index is 0.0558. The van der Waals surface area contributed by atoms with Crippen LogP contribution in [0.5, 0.6) is 0 Å². The number of nitrogens with one attached hydrogen (secondary N) is 1. The average molecular weight is 385 g/mol. The third-order valence-corrected chi connectivity index (χ3v) is 6.89. The number of benzene rings is 1. The van der Waals surface area contributed by atoms with Crippen LogP contribution in [-0.4, -0.2) is 73.0 Å². The van der Waals surface area contributed by atoms with E-state index in [-0.39, 0.29) is 23.4 Å². The van der Waals surface area contributed by atoms with Crippen LogP contribution in [0.25, 0.3) is 0 Å². The van der Waals surface area contributed by atoms with E-state index in [9.17, 15) is 9.59 Å². The van der Waals surface area contributed by atoms with Crippen molar-refractivity contribution < 1.29 is 9.59 Å². The third kappa shape index (κ3) is 3.80. The van der Waals surface area contributed by atoms with Crippen LogP contribution in [0.1, 0.15) is 38.2 Å². The zero-order valence-electron chi connectivity index (χ0n) is 17.1. The molecule has 3 heterocycles. The predicted molar refractivity (Wildman–Crippen MR) is 110 cm³/mol. The van der Waals surface area contributed by atoms with E-state index < -0.39 is 0 Å². The van der Waals surface area contributed by atoms with Crippen LogP contribution in [0.15, 0.2) is 24.3 Å². The predicted octanol–water partition coefficient (Wildman–Crippen LogP) is 1.64.